The average Bonchev–Trinajstić information content (AvgIpc) is 3.76. The minimum Gasteiger partial charge on any atom is -0.384 e. The van der Waals surface area contributed by atoms with Crippen LogP contribution in [-0.2, 0) is 39.4 Å². The zero-order valence-corrected chi connectivity index (χ0v) is 30.8. The van der Waals surface area contributed by atoms with Gasteiger partial charge in [-0.05, 0) is 56.9 Å². The Bertz CT molecular complexity index is 1870. The largest absolute Gasteiger partial charge is 0.384 e. The maximum absolute atomic E-state index is 14.7. The van der Waals surface area contributed by atoms with Gasteiger partial charge in [0.05, 0.1) is 22.8 Å². The second kappa shape index (κ2) is 15.3. The van der Waals surface area contributed by atoms with Crippen LogP contribution in [0.4, 0.5) is 0 Å². The van der Waals surface area contributed by atoms with E-state index >= 15 is 0 Å². The Morgan fingerprint density at radius 2 is 1.79 bits per heavy atom. The molecule has 17 heteroatoms. The third-order valence-electron chi connectivity index (χ3n) is 10.3. The van der Waals surface area contributed by atoms with Crippen LogP contribution in [0.25, 0.3) is 0 Å². The van der Waals surface area contributed by atoms with Crippen molar-refractivity contribution in [3.63, 3.8) is 0 Å². The van der Waals surface area contributed by atoms with E-state index in [4.69, 9.17) is 10.5 Å². The zero-order chi connectivity index (χ0) is 38.0. The summed E-state index contributed by atoms with van der Waals surface area (Å²) in [6.07, 6.45) is 7.23. The highest BCUT2D eigenvalue weighted by molar-refractivity contribution is 7.90. The number of hydrogen-bond donors (Lipinski definition) is 3. The quantitative estimate of drug-likeness (QED) is 0.220. The number of aliphatic hydroxyl groups is 1. The summed E-state index contributed by atoms with van der Waals surface area (Å²) in [5, 5.41) is 21.7. The lowest BCUT2D eigenvalue weighted by Crippen LogP contribution is -2.63. The fourth-order valence-corrected chi connectivity index (χ4v) is 8.46. The van der Waals surface area contributed by atoms with Crippen molar-refractivity contribution in [2.75, 3.05) is 26.0 Å². The summed E-state index contributed by atoms with van der Waals surface area (Å²) in [5.74, 6) is -4.25. The fourth-order valence-electron chi connectivity index (χ4n) is 7.50. The molecule has 282 valence electrons. The number of nitrogens with one attached hydrogen (secondary N) is 1. The number of aromatic nitrogens is 3. The number of benzene rings is 1. The minimum absolute atomic E-state index is 0.00183. The normalized spacial score (nSPS) is 21.5. The molecule has 5 rings (SSSR count). The first-order valence-electron chi connectivity index (χ1n) is 17.5. The van der Waals surface area contributed by atoms with E-state index in [1.165, 1.54) is 34.0 Å². The predicted octanol–water partition coefficient (Wildman–Crippen LogP) is 1.33. The van der Waals surface area contributed by atoms with Crippen molar-refractivity contribution in [3.8, 4) is 0 Å². The lowest BCUT2D eigenvalue weighted by molar-refractivity contribution is -0.146. The summed E-state index contributed by atoms with van der Waals surface area (Å²) in [5.41, 5.74) is 3.12. The maximum Gasteiger partial charge on any atom is 0.287 e. The van der Waals surface area contributed by atoms with Crippen molar-refractivity contribution >= 4 is 45.0 Å². The molecule has 2 atom stereocenters. The lowest BCUT2D eigenvalue weighted by atomic mass is 9.84. The van der Waals surface area contributed by atoms with Gasteiger partial charge in [0.15, 0.2) is 9.84 Å². The Morgan fingerprint density at radius 3 is 2.38 bits per heavy atom. The van der Waals surface area contributed by atoms with Crippen molar-refractivity contribution in [3.05, 3.63) is 41.2 Å². The molecule has 1 aliphatic carbocycles. The minimum atomic E-state index is -3.55. The number of likely N-dealkylation sites (tertiary alicyclic amines) is 1. The topological polar surface area (TPSA) is 233 Å². The van der Waals surface area contributed by atoms with Crippen molar-refractivity contribution < 1.29 is 42.2 Å². The number of ketones is 1. The highest BCUT2D eigenvalue weighted by Crippen LogP contribution is 2.34. The number of aliphatic imine (C=N–C) groups is 1. The predicted molar refractivity (Wildman–Crippen MR) is 187 cm³/mol. The standard InChI is InChI=1S/C35H47N7O9S/c1-21-16-23(10-11-27(21)52(4,49)50)31(45)38-25(17-22-8-6-5-7-9-22)33(47)41-20-24(42-28(19-37-40-42)34(2,3)48)18-26(41)32(46)39-35(29(43)30(36)44)12-14-51-15-13-35/h10-11,16,19,22,24,26,48H,5-9,12-15,17-18,20H2,1-4H3,(H2,36,44)(H,39,46)/b38-25+/t24-,26-/m0/s1. The molecule has 0 radical (unpaired) electrons. The summed E-state index contributed by atoms with van der Waals surface area (Å²) in [4.78, 5) is 73.5. The number of aryl methyl sites for hydroxylation is 1. The third kappa shape index (κ3) is 8.47. The average molecular weight is 742 g/mol. The second-order valence-corrected chi connectivity index (χ2v) is 16.7. The Kier molecular flexibility index (Phi) is 11.5. The SMILES string of the molecule is Cc1cc(C(=O)/N=C(\CC2CCCCC2)C(=O)N2C[C@@H](n3nncc3C(C)(C)O)C[C@H]2C(=O)NC2(C(=O)C(N)=O)CCOCC2)ccc1S(C)(=O)=O. The van der Waals surface area contributed by atoms with Gasteiger partial charge in [-0.3, -0.25) is 24.0 Å². The number of primary amides is 1. The van der Waals surface area contributed by atoms with Gasteiger partial charge in [-0.2, -0.15) is 0 Å². The smallest absolute Gasteiger partial charge is 0.287 e. The van der Waals surface area contributed by atoms with Gasteiger partial charge in [-0.1, -0.05) is 37.3 Å². The number of Topliss-reactive ketones (excluding diaryl/α,β-unsaturated/α-hetero) is 1. The van der Waals surface area contributed by atoms with Gasteiger partial charge in [0.1, 0.15) is 22.9 Å². The van der Waals surface area contributed by atoms with E-state index in [2.05, 4.69) is 20.6 Å². The van der Waals surface area contributed by atoms with E-state index < -0.39 is 62.5 Å². The number of nitrogens with zero attached hydrogens (tertiary/aromatic N) is 5. The van der Waals surface area contributed by atoms with Crippen molar-refractivity contribution in [1.29, 1.82) is 0 Å². The van der Waals surface area contributed by atoms with Gasteiger partial charge in [0.25, 0.3) is 17.7 Å². The van der Waals surface area contributed by atoms with E-state index in [1.807, 2.05) is 0 Å². The highest BCUT2D eigenvalue weighted by atomic mass is 32.2. The molecule has 4 amide bonds. The number of sulfone groups is 1. The summed E-state index contributed by atoms with van der Waals surface area (Å²) >= 11 is 0. The Balaban J connectivity index is 1.54. The van der Waals surface area contributed by atoms with Crippen LogP contribution in [0.15, 0.2) is 34.3 Å². The molecule has 2 aliphatic heterocycles. The van der Waals surface area contributed by atoms with E-state index in [0.717, 1.165) is 38.4 Å². The molecular formula is C35H47N7O9S. The number of amides is 4. The maximum atomic E-state index is 14.7. The van der Waals surface area contributed by atoms with Crippen LogP contribution in [-0.4, -0.2) is 106 Å². The highest BCUT2D eigenvalue weighted by Gasteiger charge is 2.49. The lowest BCUT2D eigenvalue weighted by Gasteiger charge is -2.37. The second-order valence-electron chi connectivity index (χ2n) is 14.7. The first-order valence-corrected chi connectivity index (χ1v) is 19.4. The van der Waals surface area contributed by atoms with Crippen LogP contribution in [0.2, 0.25) is 0 Å². The van der Waals surface area contributed by atoms with E-state index in [-0.39, 0.29) is 67.5 Å². The van der Waals surface area contributed by atoms with E-state index in [9.17, 15) is 37.5 Å². The fraction of sp³-hybridized carbons (Fsp3) is 0.600. The van der Waals surface area contributed by atoms with Crippen molar-refractivity contribution in [2.24, 2.45) is 16.6 Å². The van der Waals surface area contributed by atoms with Gasteiger partial charge in [-0.25, -0.2) is 18.1 Å². The Hall–Kier alpha value is -4.35. The zero-order valence-electron chi connectivity index (χ0n) is 30.0. The van der Waals surface area contributed by atoms with Crippen molar-refractivity contribution in [1.82, 2.24) is 25.2 Å². The molecule has 2 saturated heterocycles. The molecule has 3 aliphatic rings. The number of ether oxygens (including phenoxy) is 1. The molecule has 1 aromatic carbocycles. The first kappa shape index (κ1) is 38.9. The molecule has 52 heavy (non-hydrogen) atoms. The van der Waals surface area contributed by atoms with Gasteiger partial charge < -0.3 is 25.8 Å². The van der Waals surface area contributed by atoms with Crippen LogP contribution in [0.3, 0.4) is 0 Å². The Labute approximate surface area is 302 Å². The molecule has 0 unspecified atom stereocenters. The van der Waals surface area contributed by atoms with Crippen LogP contribution in [0.1, 0.15) is 99.3 Å². The molecule has 0 spiro atoms. The Morgan fingerprint density at radius 1 is 1.12 bits per heavy atom. The molecule has 16 nitrogen and oxygen atoms in total. The van der Waals surface area contributed by atoms with E-state index in [1.54, 1.807) is 20.8 Å². The molecule has 3 heterocycles. The number of rotatable bonds is 11. The van der Waals surface area contributed by atoms with Crippen molar-refractivity contribution in [2.45, 2.75) is 107 Å². The molecule has 4 N–H and O–H groups in total. The van der Waals surface area contributed by atoms with Gasteiger partial charge in [0.2, 0.25) is 11.7 Å². The van der Waals surface area contributed by atoms with Gasteiger partial charge in [-0.15, -0.1) is 5.10 Å². The summed E-state index contributed by atoms with van der Waals surface area (Å²) in [6, 6.07) is 2.24. The monoisotopic (exact) mass is 741 g/mol. The number of carbonyl (C=O) groups is 5. The molecule has 0 bridgehead atoms. The van der Waals surface area contributed by atoms with Crippen LogP contribution in [0.5, 0.6) is 0 Å². The summed E-state index contributed by atoms with van der Waals surface area (Å²) in [7, 11) is -3.55. The molecular weight excluding hydrogens is 694 g/mol. The summed E-state index contributed by atoms with van der Waals surface area (Å²) in [6.45, 7) is 4.78. The van der Waals surface area contributed by atoms with E-state index in [0.29, 0.717) is 11.3 Å². The van der Waals surface area contributed by atoms with Gasteiger partial charge in [0, 0.05) is 50.8 Å². The molecule has 2 aromatic rings. The third-order valence-corrected chi connectivity index (χ3v) is 11.5. The van der Waals surface area contributed by atoms with Crippen LogP contribution < -0.4 is 11.1 Å². The number of nitrogens with two attached hydrogens (primary N) is 1. The van der Waals surface area contributed by atoms with Crippen LogP contribution in [0, 0.1) is 12.8 Å². The molecule has 1 saturated carbocycles. The van der Waals surface area contributed by atoms with Crippen LogP contribution >= 0.6 is 0 Å². The first-order chi connectivity index (χ1) is 24.4. The number of carbonyl (C=O) groups excluding carboxylic acids is 5. The molecule has 3 fully saturated rings. The van der Waals surface area contributed by atoms with Gasteiger partial charge >= 0.3 is 0 Å². The summed E-state index contributed by atoms with van der Waals surface area (Å²) < 4.78 is 31.2. The number of hydrogen-bond acceptors (Lipinski definition) is 11. The molecule has 1 aromatic heterocycles.